The highest BCUT2D eigenvalue weighted by Crippen LogP contribution is 2.31. The maximum absolute atomic E-state index is 12.9. The van der Waals surface area contributed by atoms with Crippen LogP contribution in [-0.4, -0.2) is 25.8 Å². The number of aryl methyl sites for hydroxylation is 1. The number of nitrogens with zero attached hydrogens (tertiary/aromatic N) is 1. The zero-order valence-electron chi connectivity index (χ0n) is 12.2. The minimum atomic E-state index is -3.46. The molecule has 0 atom stereocenters. The number of hydrogen-bond donors (Lipinski definition) is 0. The molecule has 1 aromatic carbocycles. The van der Waals surface area contributed by atoms with Crippen molar-refractivity contribution < 1.29 is 8.42 Å². The lowest BCUT2D eigenvalue weighted by Crippen LogP contribution is -2.34. The van der Waals surface area contributed by atoms with Crippen LogP contribution < -0.4 is 0 Å². The number of hydrogen-bond acceptors (Lipinski definition) is 2. The Morgan fingerprint density at radius 1 is 1.14 bits per heavy atom. The standard InChI is InChI=1S/C15H21BrClNO2S/c1-12-9-13(11-17)10-14(15(12)16)21(19,20)18-7-5-3-2-4-6-8-18/h9-10H,2-8,11H2,1H3. The van der Waals surface area contributed by atoms with Gasteiger partial charge in [0, 0.05) is 23.4 Å². The van der Waals surface area contributed by atoms with E-state index in [1.807, 2.05) is 13.0 Å². The largest absolute Gasteiger partial charge is 0.244 e. The third-order valence-electron chi connectivity index (χ3n) is 3.87. The third kappa shape index (κ3) is 4.01. The number of halogens is 2. The molecule has 0 spiro atoms. The fraction of sp³-hybridized carbons (Fsp3) is 0.600. The SMILES string of the molecule is Cc1cc(CCl)cc(S(=O)(=O)N2CCCCCCC2)c1Br. The van der Waals surface area contributed by atoms with Gasteiger partial charge in [0.1, 0.15) is 0 Å². The summed E-state index contributed by atoms with van der Waals surface area (Å²) in [6.07, 6.45) is 5.29. The molecule has 0 unspecified atom stereocenters. The molecule has 0 amide bonds. The van der Waals surface area contributed by atoms with E-state index in [1.165, 1.54) is 6.42 Å². The molecule has 0 aromatic heterocycles. The summed E-state index contributed by atoms with van der Waals surface area (Å²) in [7, 11) is -3.46. The van der Waals surface area contributed by atoms with E-state index in [9.17, 15) is 8.42 Å². The van der Waals surface area contributed by atoms with Crippen LogP contribution in [-0.2, 0) is 15.9 Å². The number of rotatable bonds is 3. The second kappa shape index (κ2) is 7.44. The van der Waals surface area contributed by atoms with Crippen LogP contribution in [0, 0.1) is 6.92 Å². The molecular formula is C15H21BrClNO2S. The number of benzene rings is 1. The zero-order valence-corrected chi connectivity index (χ0v) is 15.4. The van der Waals surface area contributed by atoms with E-state index in [4.69, 9.17) is 11.6 Å². The van der Waals surface area contributed by atoms with Gasteiger partial charge < -0.3 is 0 Å². The molecule has 1 aromatic rings. The smallest absolute Gasteiger partial charge is 0.207 e. The van der Waals surface area contributed by atoms with E-state index in [0.29, 0.717) is 28.3 Å². The van der Waals surface area contributed by atoms with Gasteiger partial charge in [-0.1, -0.05) is 25.3 Å². The van der Waals surface area contributed by atoms with Crippen molar-refractivity contribution >= 4 is 37.6 Å². The van der Waals surface area contributed by atoms with Crippen LogP contribution in [0.2, 0.25) is 0 Å². The van der Waals surface area contributed by atoms with E-state index in [0.717, 1.165) is 36.8 Å². The fourth-order valence-corrected chi connectivity index (χ4v) is 5.37. The molecule has 21 heavy (non-hydrogen) atoms. The highest BCUT2D eigenvalue weighted by molar-refractivity contribution is 9.10. The van der Waals surface area contributed by atoms with Crippen LogP contribution in [0.25, 0.3) is 0 Å². The molecule has 3 nitrogen and oxygen atoms in total. The molecule has 0 aliphatic carbocycles. The van der Waals surface area contributed by atoms with Crippen molar-refractivity contribution in [2.45, 2.75) is 49.8 Å². The van der Waals surface area contributed by atoms with Crippen LogP contribution in [0.3, 0.4) is 0 Å². The highest BCUT2D eigenvalue weighted by Gasteiger charge is 2.27. The first-order valence-electron chi connectivity index (χ1n) is 7.32. The molecular weight excluding hydrogens is 374 g/mol. The Morgan fingerprint density at radius 3 is 2.29 bits per heavy atom. The fourth-order valence-electron chi connectivity index (χ4n) is 2.67. The summed E-state index contributed by atoms with van der Waals surface area (Å²) in [4.78, 5) is 0.346. The maximum Gasteiger partial charge on any atom is 0.244 e. The Hall–Kier alpha value is -0.100. The van der Waals surface area contributed by atoms with Crippen molar-refractivity contribution in [2.24, 2.45) is 0 Å². The molecule has 0 saturated carbocycles. The average molecular weight is 395 g/mol. The normalized spacial score (nSPS) is 18.2. The summed E-state index contributed by atoms with van der Waals surface area (Å²) in [5, 5.41) is 0. The molecule has 118 valence electrons. The van der Waals surface area contributed by atoms with Crippen LogP contribution in [0.15, 0.2) is 21.5 Å². The Labute approximate surface area is 140 Å². The summed E-state index contributed by atoms with van der Waals surface area (Å²) >= 11 is 9.32. The lowest BCUT2D eigenvalue weighted by molar-refractivity contribution is 0.364. The maximum atomic E-state index is 12.9. The van der Waals surface area contributed by atoms with Gasteiger partial charge >= 0.3 is 0 Å². The first-order valence-corrected chi connectivity index (χ1v) is 10.1. The Kier molecular flexibility index (Phi) is 6.12. The van der Waals surface area contributed by atoms with Gasteiger partial charge in [0.2, 0.25) is 10.0 Å². The van der Waals surface area contributed by atoms with Gasteiger partial charge in [-0.3, -0.25) is 0 Å². The number of sulfonamides is 1. The summed E-state index contributed by atoms with van der Waals surface area (Å²) in [5.41, 5.74) is 1.74. The predicted octanol–water partition coefficient (Wildman–Crippen LogP) is 4.45. The van der Waals surface area contributed by atoms with Gasteiger partial charge in [0.25, 0.3) is 0 Å². The van der Waals surface area contributed by atoms with Crippen molar-refractivity contribution in [2.75, 3.05) is 13.1 Å². The minimum absolute atomic E-state index is 0.316. The third-order valence-corrected chi connectivity index (χ3v) is 7.41. The Bertz CT molecular complexity index is 596. The van der Waals surface area contributed by atoms with E-state index < -0.39 is 10.0 Å². The van der Waals surface area contributed by atoms with Crippen LogP contribution >= 0.6 is 27.5 Å². The molecule has 1 heterocycles. The minimum Gasteiger partial charge on any atom is -0.207 e. The van der Waals surface area contributed by atoms with Crippen molar-refractivity contribution in [3.05, 3.63) is 27.7 Å². The van der Waals surface area contributed by atoms with Crippen LogP contribution in [0.1, 0.15) is 43.2 Å². The molecule has 1 aliphatic rings. The van der Waals surface area contributed by atoms with Gasteiger partial charge in [-0.05, 0) is 52.9 Å². The molecule has 1 saturated heterocycles. The monoisotopic (exact) mass is 393 g/mol. The first-order chi connectivity index (χ1) is 9.96. The summed E-state index contributed by atoms with van der Waals surface area (Å²) < 4.78 is 28.2. The van der Waals surface area contributed by atoms with Crippen molar-refractivity contribution in [1.82, 2.24) is 4.31 Å². The molecule has 1 aliphatic heterocycles. The van der Waals surface area contributed by atoms with Crippen LogP contribution in [0.4, 0.5) is 0 Å². The molecule has 0 radical (unpaired) electrons. The average Bonchev–Trinajstić information content (AvgIpc) is 2.40. The molecule has 1 fully saturated rings. The molecule has 0 N–H and O–H groups in total. The molecule has 6 heteroatoms. The van der Waals surface area contributed by atoms with Crippen molar-refractivity contribution in [1.29, 1.82) is 0 Å². The Morgan fingerprint density at radius 2 is 1.71 bits per heavy atom. The second-order valence-electron chi connectivity index (χ2n) is 5.53. The summed E-state index contributed by atoms with van der Waals surface area (Å²) in [6, 6.07) is 3.61. The highest BCUT2D eigenvalue weighted by atomic mass is 79.9. The number of alkyl halides is 1. The Balaban J connectivity index is 2.40. The quantitative estimate of drug-likeness (QED) is 0.710. The summed E-state index contributed by atoms with van der Waals surface area (Å²) in [6.45, 7) is 3.12. The van der Waals surface area contributed by atoms with E-state index in [1.54, 1.807) is 10.4 Å². The van der Waals surface area contributed by atoms with Gasteiger partial charge in [0.15, 0.2) is 0 Å². The van der Waals surface area contributed by atoms with Crippen LogP contribution in [0.5, 0.6) is 0 Å². The lowest BCUT2D eigenvalue weighted by atomic mass is 10.1. The molecule has 0 bridgehead atoms. The van der Waals surface area contributed by atoms with E-state index >= 15 is 0 Å². The van der Waals surface area contributed by atoms with Gasteiger partial charge in [-0.2, -0.15) is 4.31 Å². The van der Waals surface area contributed by atoms with Crippen molar-refractivity contribution in [3.63, 3.8) is 0 Å². The first kappa shape index (κ1) is 17.3. The van der Waals surface area contributed by atoms with Crippen molar-refractivity contribution in [3.8, 4) is 0 Å². The zero-order chi connectivity index (χ0) is 15.5. The van der Waals surface area contributed by atoms with E-state index in [-0.39, 0.29) is 0 Å². The summed E-state index contributed by atoms with van der Waals surface area (Å²) in [5.74, 6) is 0.316. The van der Waals surface area contributed by atoms with Gasteiger partial charge in [0.05, 0.1) is 4.90 Å². The van der Waals surface area contributed by atoms with Gasteiger partial charge in [-0.25, -0.2) is 8.42 Å². The van der Waals surface area contributed by atoms with Gasteiger partial charge in [-0.15, -0.1) is 11.6 Å². The predicted molar refractivity (Wildman–Crippen MR) is 90.3 cm³/mol. The molecule has 2 rings (SSSR count). The topological polar surface area (TPSA) is 37.4 Å². The lowest BCUT2D eigenvalue weighted by Gasteiger charge is -2.25. The van der Waals surface area contributed by atoms with E-state index in [2.05, 4.69) is 15.9 Å². The second-order valence-corrected chi connectivity index (χ2v) is 8.50.